The molecule has 0 atom stereocenters. The van der Waals surface area contributed by atoms with E-state index in [1.807, 2.05) is 0 Å². The molecule has 0 aliphatic carbocycles. The Morgan fingerprint density at radius 2 is 1.83 bits per heavy atom. The lowest BCUT2D eigenvalue weighted by Gasteiger charge is -2.13. The van der Waals surface area contributed by atoms with Gasteiger partial charge in [-0.25, -0.2) is 8.42 Å². The van der Waals surface area contributed by atoms with E-state index >= 15 is 0 Å². The second kappa shape index (κ2) is 7.52. The lowest BCUT2D eigenvalue weighted by molar-refractivity contribution is -0.170. The highest BCUT2D eigenvalue weighted by molar-refractivity contribution is 7.92. The molecule has 0 bridgehead atoms. The number of carbonyl (C=O) groups is 2. The number of Topliss-reactive ketones (excluding diaryl/α,β-unsaturated/α-hetero) is 2. The average Bonchev–Trinajstić information content (AvgIpc) is 3.04. The van der Waals surface area contributed by atoms with Crippen LogP contribution in [0.25, 0.3) is 10.9 Å². The number of alkyl halides is 3. The van der Waals surface area contributed by atoms with Crippen molar-refractivity contribution in [1.82, 2.24) is 14.8 Å². The summed E-state index contributed by atoms with van der Waals surface area (Å²) in [6.07, 6.45) is -4.11. The summed E-state index contributed by atoms with van der Waals surface area (Å²) in [6, 6.07) is 5.50. The number of nitrogens with zero attached hydrogens (tertiary/aromatic N) is 3. The number of pyridine rings is 1. The number of benzene rings is 1. The third kappa shape index (κ3) is 4.17. The Kier molecular flexibility index (Phi) is 5.37. The molecular formula is C18H15F3N4O4S. The summed E-state index contributed by atoms with van der Waals surface area (Å²) in [5.41, 5.74) is 1.06. The molecule has 158 valence electrons. The molecule has 30 heavy (non-hydrogen) atoms. The van der Waals surface area contributed by atoms with Crippen LogP contribution in [0.4, 0.5) is 18.9 Å². The number of nitrogens with one attached hydrogen (secondary N) is 1. The zero-order valence-electron chi connectivity index (χ0n) is 15.7. The first-order chi connectivity index (χ1) is 13.9. The zero-order valence-corrected chi connectivity index (χ0v) is 16.5. The van der Waals surface area contributed by atoms with Crippen molar-refractivity contribution in [3.8, 4) is 0 Å². The average molecular weight is 440 g/mol. The first-order valence-corrected chi connectivity index (χ1v) is 9.92. The van der Waals surface area contributed by atoms with Gasteiger partial charge >= 0.3 is 6.18 Å². The van der Waals surface area contributed by atoms with Crippen LogP contribution in [0.3, 0.4) is 0 Å². The van der Waals surface area contributed by atoms with E-state index in [-0.39, 0.29) is 4.90 Å². The first kappa shape index (κ1) is 21.4. The van der Waals surface area contributed by atoms with Gasteiger partial charge in [0.25, 0.3) is 10.0 Å². The predicted octanol–water partition coefficient (Wildman–Crippen LogP) is 2.78. The number of fused-ring (bicyclic) bond motifs is 1. The van der Waals surface area contributed by atoms with Crippen LogP contribution < -0.4 is 4.72 Å². The highest BCUT2D eigenvalue weighted by Crippen LogP contribution is 2.29. The maximum atomic E-state index is 12.8. The molecule has 3 aromatic rings. The quantitative estimate of drug-likeness (QED) is 0.466. The van der Waals surface area contributed by atoms with Crippen LogP contribution in [0.15, 0.2) is 41.6 Å². The molecule has 1 N–H and O–H groups in total. The summed E-state index contributed by atoms with van der Waals surface area (Å²) in [5.74, 6) is -3.36. The number of sulfonamides is 1. The molecule has 0 unspecified atom stereocenters. The summed E-state index contributed by atoms with van der Waals surface area (Å²) in [6.45, 7) is 1.71. The van der Waals surface area contributed by atoms with E-state index in [1.165, 1.54) is 4.68 Å². The summed E-state index contributed by atoms with van der Waals surface area (Å²) in [4.78, 5) is 26.0. The zero-order chi connectivity index (χ0) is 22.3. The Bertz CT molecular complexity index is 1250. The Morgan fingerprint density at radius 1 is 1.13 bits per heavy atom. The van der Waals surface area contributed by atoms with Crippen LogP contribution in [0.1, 0.15) is 22.5 Å². The van der Waals surface area contributed by atoms with E-state index in [0.717, 1.165) is 18.3 Å². The van der Waals surface area contributed by atoms with Gasteiger partial charge in [-0.1, -0.05) is 12.1 Å². The van der Waals surface area contributed by atoms with Crippen LogP contribution in [-0.4, -0.2) is 40.9 Å². The van der Waals surface area contributed by atoms with Crippen LogP contribution >= 0.6 is 0 Å². The van der Waals surface area contributed by atoms with Gasteiger partial charge in [0.2, 0.25) is 5.78 Å². The number of aromatic nitrogens is 3. The number of anilines is 1. The lowest BCUT2D eigenvalue weighted by atomic mass is 10.1. The summed E-state index contributed by atoms with van der Waals surface area (Å²) in [7, 11) is -2.47. The van der Waals surface area contributed by atoms with Gasteiger partial charge in [-0.3, -0.25) is 24.0 Å². The van der Waals surface area contributed by atoms with E-state index in [9.17, 15) is 31.2 Å². The molecule has 8 nitrogen and oxygen atoms in total. The molecule has 12 heteroatoms. The Morgan fingerprint density at radius 3 is 2.43 bits per heavy atom. The maximum absolute atomic E-state index is 12.8. The molecule has 1 aromatic carbocycles. The standard InChI is InChI=1S/C18H15F3N4O4S/c1-10-3-4-11-8-23-25(2)17(11)16(10)24-30(28,29)12-5-6-13(22-9-12)14(26)7-15(27)18(19,20)21/h3-6,8-9,24H,7H2,1-2H3. The minimum atomic E-state index is -5.13. The highest BCUT2D eigenvalue weighted by Gasteiger charge is 2.39. The number of hydrogen-bond donors (Lipinski definition) is 1. The molecular weight excluding hydrogens is 425 g/mol. The lowest BCUT2D eigenvalue weighted by Crippen LogP contribution is -2.25. The molecule has 0 fully saturated rings. The maximum Gasteiger partial charge on any atom is 0.450 e. The van der Waals surface area contributed by atoms with Gasteiger partial charge in [0, 0.05) is 18.6 Å². The van der Waals surface area contributed by atoms with Gasteiger partial charge in [0.1, 0.15) is 10.6 Å². The number of aryl methyl sites for hydroxylation is 2. The van der Waals surface area contributed by atoms with Crippen molar-refractivity contribution in [3.05, 3.63) is 47.9 Å². The molecule has 3 rings (SSSR count). The number of hydrogen-bond acceptors (Lipinski definition) is 6. The van der Waals surface area contributed by atoms with Gasteiger partial charge in [-0.15, -0.1) is 0 Å². The fourth-order valence-electron chi connectivity index (χ4n) is 2.73. The van der Waals surface area contributed by atoms with Crippen molar-refractivity contribution in [2.45, 2.75) is 24.4 Å². The molecule has 0 saturated heterocycles. The fourth-order valence-corrected chi connectivity index (χ4v) is 3.81. The van der Waals surface area contributed by atoms with Gasteiger partial charge in [0.05, 0.1) is 23.8 Å². The molecule has 0 radical (unpaired) electrons. The van der Waals surface area contributed by atoms with Crippen molar-refractivity contribution in [2.24, 2.45) is 7.05 Å². The Labute approximate surface area is 168 Å². The SMILES string of the molecule is Cc1ccc2cnn(C)c2c1NS(=O)(=O)c1ccc(C(=O)CC(=O)C(F)(F)F)nc1. The second-order valence-corrected chi connectivity index (χ2v) is 8.15. The summed E-state index contributed by atoms with van der Waals surface area (Å²) < 4.78 is 66.3. The smallest absolute Gasteiger partial charge is 0.292 e. The molecule has 2 heterocycles. The van der Waals surface area contributed by atoms with E-state index < -0.39 is 39.9 Å². The van der Waals surface area contributed by atoms with Crippen LogP contribution in [0, 0.1) is 6.92 Å². The van der Waals surface area contributed by atoms with Gasteiger partial charge < -0.3 is 0 Å². The topological polar surface area (TPSA) is 111 Å². The van der Waals surface area contributed by atoms with Crippen LogP contribution in [0.5, 0.6) is 0 Å². The van der Waals surface area contributed by atoms with E-state index in [1.54, 1.807) is 32.3 Å². The first-order valence-electron chi connectivity index (χ1n) is 8.43. The van der Waals surface area contributed by atoms with Crippen molar-refractivity contribution in [2.75, 3.05) is 4.72 Å². The summed E-state index contributed by atoms with van der Waals surface area (Å²) >= 11 is 0. The number of rotatable bonds is 6. The minimum Gasteiger partial charge on any atom is -0.292 e. The van der Waals surface area contributed by atoms with Crippen molar-refractivity contribution in [1.29, 1.82) is 0 Å². The molecule has 0 aliphatic heterocycles. The van der Waals surface area contributed by atoms with E-state index in [4.69, 9.17) is 0 Å². The normalized spacial score (nSPS) is 12.2. The predicted molar refractivity (Wildman–Crippen MR) is 101 cm³/mol. The molecule has 0 saturated carbocycles. The van der Waals surface area contributed by atoms with Crippen LogP contribution in [-0.2, 0) is 21.9 Å². The Hall–Kier alpha value is -3.28. The third-order valence-corrected chi connectivity index (χ3v) is 5.65. The Balaban J connectivity index is 1.86. The monoisotopic (exact) mass is 440 g/mol. The number of ketones is 2. The summed E-state index contributed by atoms with van der Waals surface area (Å²) in [5, 5.41) is 4.81. The van der Waals surface area contributed by atoms with Crippen molar-refractivity contribution < 1.29 is 31.2 Å². The fraction of sp³-hybridized carbons (Fsp3) is 0.222. The van der Waals surface area contributed by atoms with E-state index in [2.05, 4.69) is 14.8 Å². The van der Waals surface area contributed by atoms with E-state index in [0.29, 0.717) is 22.2 Å². The number of carbonyl (C=O) groups excluding carboxylic acids is 2. The van der Waals surface area contributed by atoms with Crippen LogP contribution in [0.2, 0.25) is 0 Å². The highest BCUT2D eigenvalue weighted by atomic mass is 32.2. The second-order valence-electron chi connectivity index (χ2n) is 6.47. The van der Waals surface area contributed by atoms with Gasteiger partial charge in [-0.05, 0) is 24.6 Å². The molecule has 0 spiro atoms. The molecule has 2 aromatic heterocycles. The van der Waals surface area contributed by atoms with Gasteiger partial charge in [-0.2, -0.15) is 18.3 Å². The van der Waals surface area contributed by atoms with Gasteiger partial charge in [0.15, 0.2) is 5.78 Å². The van der Waals surface area contributed by atoms with Crippen molar-refractivity contribution in [3.63, 3.8) is 0 Å². The minimum absolute atomic E-state index is 0.306. The van der Waals surface area contributed by atoms with Crippen molar-refractivity contribution >= 4 is 38.2 Å². The molecule has 0 aliphatic rings. The number of halogens is 3. The largest absolute Gasteiger partial charge is 0.450 e. The molecule has 0 amide bonds. The third-order valence-electron chi connectivity index (χ3n) is 4.32.